The van der Waals surface area contributed by atoms with Crippen LogP contribution >= 0.6 is 0 Å². The lowest BCUT2D eigenvalue weighted by Crippen LogP contribution is -2.05. The molecule has 0 aromatic heterocycles. The van der Waals surface area contributed by atoms with Gasteiger partial charge in [0.15, 0.2) is 0 Å². The third-order valence-corrected chi connectivity index (χ3v) is 9.60. The molecule has 0 aromatic carbocycles. The summed E-state index contributed by atoms with van der Waals surface area (Å²) >= 11 is 0. The number of ether oxygens (including phenoxy) is 1. The monoisotopic (exact) mass is 621 g/mol. The Morgan fingerprint density at radius 3 is 0.841 bits per heavy atom. The van der Waals surface area contributed by atoms with Crippen molar-refractivity contribution in [2.45, 2.75) is 246 Å². The summed E-state index contributed by atoms with van der Waals surface area (Å²) in [5.74, 6) is 1.78. The molecule has 0 aliphatic carbocycles. The van der Waals surface area contributed by atoms with Gasteiger partial charge in [-0.15, -0.1) is 0 Å². The van der Waals surface area contributed by atoms with Crippen LogP contribution in [-0.4, -0.2) is 12.6 Å². The molecule has 0 unspecified atom stereocenters. The molecule has 2 heteroatoms. The molecule has 0 atom stereocenters. The summed E-state index contributed by atoms with van der Waals surface area (Å²) < 4.78 is 5.47. The van der Waals surface area contributed by atoms with Crippen LogP contribution in [0, 0.1) is 11.8 Å². The van der Waals surface area contributed by atoms with Gasteiger partial charge in [-0.1, -0.05) is 227 Å². The quantitative estimate of drug-likeness (QED) is 0.0510. The Labute approximate surface area is 279 Å². The molecule has 0 saturated carbocycles. The number of carbonyl (C=O) groups excluding carboxylic acids is 1. The van der Waals surface area contributed by atoms with E-state index in [-0.39, 0.29) is 5.97 Å². The maximum Gasteiger partial charge on any atom is 0.305 e. The Morgan fingerprint density at radius 2 is 0.568 bits per heavy atom. The molecule has 0 aliphatic heterocycles. The van der Waals surface area contributed by atoms with Crippen molar-refractivity contribution in [2.24, 2.45) is 11.8 Å². The van der Waals surface area contributed by atoms with E-state index in [4.69, 9.17) is 4.74 Å². The Bertz CT molecular complexity index is 540. The van der Waals surface area contributed by atoms with E-state index in [0.29, 0.717) is 13.0 Å². The predicted octanol–water partition coefficient (Wildman–Crippen LogP) is 15.1. The van der Waals surface area contributed by atoms with Crippen molar-refractivity contribution in [3.63, 3.8) is 0 Å². The molecule has 44 heavy (non-hydrogen) atoms. The maximum atomic E-state index is 12.0. The first kappa shape index (κ1) is 43.5. The zero-order valence-corrected chi connectivity index (χ0v) is 31.2. The van der Waals surface area contributed by atoms with E-state index in [1.54, 1.807) is 0 Å². The van der Waals surface area contributed by atoms with Crippen LogP contribution in [0.25, 0.3) is 0 Å². The SMILES string of the molecule is CC(C)CCCCCCCCCCCCCCCCCCCCCOC(=O)CCCCCCCCCCCCCCC(C)C. The van der Waals surface area contributed by atoms with Crippen LogP contribution in [0.1, 0.15) is 246 Å². The molecular formula is C42H84O2. The lowest BCUT2D eigenvalue weighted by atomic mass is 10.0. The highest BCUT2D eigenvalue weighted by Gasteiger charge is 2.03. The fourth-order valence-electron chi connectivity index (χ4n) is 6.51. The Hall–Kier alpha value is -0.530. The Balaban J connectivity index is 3.15. The fourth-order valence-corrected chi connectivity index (χ4v) is 6.51. The molecule has 0 rings (SSSR count). The second-order valence-electron chi connectivity index (χ2n) is 15.3. The van der Waals surface area contributed by atoms with Crippen molar-refractivity contribution in [1.82, 2.24) is 0 Å². The molecule has 0 spiro atoms. The van der Waals surface area contributed by atoms with Crippen LogP contribution in [0.4, 0.5) is 0 Å². The van der Waals surface area contributed by atoms with Crippen LogP contribution in [0.5, 0.6) is 0 Å². The molecule has 0 aromatic rings. The molecule has 0 amide bonds. The summed E-state index contributed by atoms with van der Waals surface area (Å²) in [5.41, 5.74) is 0. The number of hydrogen-bond acceptors (Lipinski definition) is 2. The highest BCUT2D eigenvalue weighted by molar-refractivity contribution is 5.69. The zero-order chi connectivity index (χ0) is 32.2. The van der Waals surface area contributed by atoms with Gasteiger partial charge in [-0.3, -0.25) is 4.79 Å². The van der Waals surface area contributed by atoms with Gasteiger partial charge in [0.1, 0.15) is 0 Å². The lowest BCUT2D eigenvalue weighted by Gasteiger charge is -2.06. The van der Waals surface area contributed by atoms with Crippen molar-refractivity contribution >= 4 is 5.97 Å². The number of hydrogen-bond donors (Lipinski definition) is 0. The average molecular weight is 621 g/mol. The summed E-state index contributed by atoms with van der Waals surface area (Å²) in [6.07, 6.45) is 46.1. The zero-order valence-electron chi connectivity index (χ0n) is 31.2. The van der Waals surface area contributed by atoms with Crippen molar-refractivity contribution in [3.05, 3.63) is 0 Å². The van der Waals surface area contributed by atoms with E-state index in [1.807, 2.05) is 0 Å². The summed E-state index contributed by atoms with van der Waals surface area (Å²) in [6, 6.07) is 0. The summed E-state index contributed by atoms with van der Waals surface area (Å²) in [7, 11) is 0. The van der Waals surface area contributed by atoms with Gasteiger partial charge in [-0.05, 0) is 24.7 Å². The van der Waals surface area contributed by atoms with Gasteiger partial charge in [0.25, 0.3) is 0 Å². The van der Waals surface area contributed by atoms with Crippen LogP contribution in [0.15, 0.2) is 0 Å². The minimum absolute atomic E-state index is 0.0290. The van der Waals surface area contributed by atoms with E-state index in [1.165, 1.54) is 199 Å². The van der Waals surface area contributed by atoms with Gasteiger partial charge in [-0.25, -0.2) is 0 Å². The highest BCUT2D eigenvalue weighted by Crippen LogP contribution is 2.17. The van der Waals surface area contributed by atoms with Gasteiger partial charge in [-0.2, -0.15) is 0 Å². The molecule has 0 radical (unpaired) electrons. The minimum atomic E-state index is 0.0290. The lowest BCUT2D eigenvalue weighted by molar-refractivity contribution is -0.143. The first-order valence-electron chi connectivity index (χ1n) is 20.7. The minimum Gasteiger partial charge on any atom is -0.466 e. The van der Waals surface area contributed by atoms with Crippen molar-refractivity contribution in [2.75, 3.05) is 6.61 Å². The van der Waals surface area contributed by atoms with Gasteiger partial charge in [0, 0.05) is 6.42 Å². The van der Waals surface area contributed by atoms with Gasteiger partial charge in [0.2, 0.25) is 0 Å². The summed E-state index contributed by atoms with van der Waals surface area (Å²) in [4.78, 5) is 12.0. The van der Waals surface area contributed by atoms with E-state index in [0.717, 1.165) is 24.7 Å². The first-order chi connectivity index (χ1) is 21.5. The van der Waals surface area contributed by atoms with Crippen molar-refractivity contribution in [3.8, 4) is 0 Å². The van der Waals surface area contributed by atoms with E-state index in [9.17, 15) is 4.79 Å². The largest absolute Gasteiger partial charge is 0.466 e. The third kappa shape index (κ3) is 39.5. The molecule has 0 heterocycles. The smallest absolute Gasteiger partial charge is 0.305 e. The van der Waals surface area contributed by atoms with Crippen LogP contribution in [0.2, 0.25) is 0 Å². The average Bonchev–Trinajstić information content (AvgIpc) is 2.99. The first-order valence-corrected chi connectivity index (χ1v) is 20.7. The molecule has 0 bridgehead atoms. The van der Waals surface area contributed by atoms with Gasteiger partial charge in [0.05, 0.1) is 6.61 Å². The molecular weight excluding hydrogens is 536 g/mol. The van der Waals surface area contributed by atoms with E-state index in [2.05, 4.69) is 27.7 Å². The topological polar surface area (TPSA) is 26.3 Å². The molecule has 2 nitrogen and oxygen atoms in total. The predicted molar refractivity (Wildman–Crippen MR) is 198 cm³/mol. The molecule has 0 aliphatic rings. The summed E-state index contributed by atoms with van der Waals surface area (Å²) in [6.45, 7) is 9.97. The van der Waals surface area contributed by atoms with Crippen molar-refractivity contribution in [1.29, 1.82) is 0 Å². The molecule has 0 N–H and O–H groups in total. The molecule has 0 saturated heterocycles. The number of carbonyl (C=O) groups is 1. The summed E-state index contributed by atoms with van der Waals surface area (Å²) in [5, 5.41) is 0. The second kappa shape index (κ2) is 36.9. The maximum absolute atomic E-state index is 12.0. The number of unbranched alkanes of at least 4 members (excludes halogenated alkanes) is 29. The van der Waals surface area contributed by atoms with Gasteiger partial charge < -0.3 is 4.74 Å². The Kier molecular flexibility index (Phi) is 36.5. The molecule has 0 fully saturated rings. The standard InChI is InChI=1S/C42H84O2/c1-40(2)36-32-28-24-20-16-12-10-8-6-5-7-9-11-15-19-23-27-31-35-39-44-42(43)38-34-30-26-22-18-14-13-17-21-25-29-33-37-41(3)4/h40-41H,5-39H2,1-4H3. The highest BCUT2D eigenvalue weighted by atomic mass is 16.5. The van der Waals surface area contributed by atoms with Crippen LogP contribution in [-0.2, 0) is 9.53 Å². The third-order valence-electron chi connectivity index (χ3n) is 9.60. The normalized spacial score (nSPS) is 11.7. The van der Waals surface area contributed by atoms with Crippen LogP contribution in [0.3, 0.4) is 0 Å². The Morgan fingerprint density at radius 1 is 0.341 bits per heavy atom. The number of rotatable bonds is 37. The van der Waals surface area contributed by atoms with Crippen LogP contribution < -0.4 is 0 Å². The fraction of sp³-hybridized carbons (Fsp3) is 0.976. The number of esters is 1. The second-order valence-corrected chi connectivity index (χ2v) is 15.3. The van der Waals surface area contributed by atoms with Crippen molar-refractivity contribution < 1.29 is 9.53 Å². The van der Waals surface area contributed by atoms with E-state index < -0.39 is 0 Å². The van der Waals surface area contributed by atoms with Gasteiger partial charge >= 0.3 is 5.97 Å². The van der Waals surface area contributed by atoms with E-state index >= 15 is 0 Å². The molecule has 264 valence electrons.